The number of halogens is 2. The van der Waals surface area contributed by atoms with Gasteiger partial charge in [-0.15, -0.1) is 0 Å². The Labute approximate surface area is 316 Å². The number of anilines is 1. The van der Waals surface area contributed by atoms with E-state index in [9.17, 15) is 30.6 Å². The van der Waals surface area contributed by atoms with E-state index in [2.05, 4.69) is 10.6 Å². The van der Waals surface area contributed by atoms with Crippen molar-refractivity contribution in [3.05, 3.63) is 113 Å². The van der Waals surface area contributed by atoms with Crippen LogP contribution < -0.4 is 9.47 Å². The van der Waals surface area contributed by atoms with Crippen molar-refractivity contribution in [2.45, 2.75) is 83.6 Å². The molecule has 292 valence electrons. The van der Waals surface area contributed by atoms with Crippen molar-refractivity contribution >= 4 is 48.9 Å². The lowest BCUT2D eigenvalue weighted by Crippen LogP contribution is -2.38. The van der Waals surface area contributed by atoms with Gasteiger partial charge in [-0.25, -0.2) is 8.78 Å². The first-order valence-corrected chi connectivity index (χ1v) is 21.2. The second kappa shape index (κ2) is 18.9. The molecule has 1 unspecified atom stereocenters. The van der Waals surface area contributed by atoms with Gasteiger partial charge in [-0.2, -0.15) is 21.4 Å². The SMILES string of the molecule is Cc1ccc2c(ccc(C=CC=CC=CC=C3N(CCCCCC(=O)O)c4c(F)cc(F)cc4C3(C)CCCCS(=O)(=O)O)[n+]2CCCCS(=O)(=O)O)c1. The summed E-state index contributed by atoms with van der Waals surface area (Å²) in [6.07, 6.45) is 16.2. The Balaban J connectivity index is 1.59. The Morgan fingerprint density at radius 2 is 1.52 bits per heavy atom. The number of rotatable bonds is 20. The second-order valence-corrected chi connectivity index (χ2v) is 17.0. The fraction of sp³-hybridized carbons (Fsp3) is 0.400. The van der Waals surface area contributed by atoms with Crippen LogP contribution in [0, 0.1) is 18.6 Å². The molecule has 4 rings (SSSR count). The number of carboxylic acid groups (broad SMARTS) is 1. The van der Waals surface area contributed by atoms with Crippen LogP contribution in [0.15, 0.2) is 84.6 Å². The molecule has 2 aromatic carbocycles. The van der Waals surface area contributed by atoms with Crippen LogP contribution in [-0.4, -0.2) is 55.1 Å². The van der Waals surface area contributed by atoms with Gasteiger partial charge in [0.1, 0.15) is 18.2 Å². The Hall–Kier alpha value is -4.24. The lowest BCUT2D eigenvalue weighted by molar-refractivity contribution is -0.673. The van der Waals surface area contributed by atoms with Gasteiger partial charge >= 0.3 is 5.97 Å². The monoisotopic (exact) mass is 787 g/mol. The van der Waals surface area contributed by atoms with Crippen molar-refractivity contribution in [2.24, 2.45) is 0 Å². The average Bonchev–Trinajstić information content (AvgIpc) is 3.30. The number of unbranched alkanes of at least 4 members (excludes halogenated alkanes) is 4. The Morgan fingerprint density at radius 1 is 0.833 bits per heavy atom. The zero-order valence-corrected chi connectivity index (χ0v) is 32.3. The molecule has 0 saturated heterocycles. The van der Waals surface area contributed by atoms with Gasteiger partial charge in [0.2, 0.25) is 11.2 Å². The van der Waals surface area contributed by atoms with Gasteiger partial charge in [-0.3, -0.25) is 13.9 Å². The fourth-order valence-electron chi connectivity index (χ4n) is 6.97. The van der Waals surface area contributed by atoms with Crippen LogP contribution >= 0.6 is 0 Å². The molecule has 3 aromatic rings. The highest BCUT2D eigenvalue weighted by atomic mass is 32.2. The zero-order chi connectivity index (χ0) is 39.5. The maximum atomic E-state index is 15.5. The van der Waals surface area contributed by atoms with E-state index in [4.69, 9.17) is 9.66 Å². The quantitative estimate of drug-likeness (QED) is 0.0450. The number of hydrogen-bond acceptors (Lipinski definition) is 6. The zero-order valence-electron chi connectivity index (χ0n) is 30.6. The van der Waals surface area contributed by atoms with Crippen LogP contribution in [0.4, 0.5) is 14.5 Å². The van der Waals surface area contributed by atoms with Gasteiger partial charge in [-0.1, -0.05) is 54.9 Å². The smallest absolute Gasteiger partial charge is 0.303 e. The number of aromatic nitrogens is 1. The summed E-state index contributed by atoms with van der Waals surface area (Å²) >= 11 is 0. The standard InChI is InChI=1S/C40H48F2N2O8S2/c1-30-18-21-36-31(27-30)19-20-33(43(36)23-12-14-26-54(50,51)52)15-7-4-3-5-8-16-37-40(2,22-10-13-25-53(47,48)49)34-28-32(41)29-35(42)39(34)44(37)24-11-6-9-17-38(45)46/h3-5,7-8,15-16,18-21,27-29H,6,9-14,17,22-26H2,1-2H3,(H2-,45,46,47,48,49,50,51,52)/p+1. The maximum Gasteiger partial charge on any atom is 0.303 e. The molecule has 0 radical (unpaired) electrons. The molecule has 1 aromatic heterocycles. The molecule has 0 spiro atoms. The maximum absolute atomic E-state index is 15.5. The van der Waals surface area contributed by atoms with Gasteiger partial charge in [-0.05, 0) is 75.8 Å². The number of carboxylic acids is 1. The first-order chi connectivity index (χ1) is 25.5. The number of fused-ring (bicyclic) bond motifs is 2. The molecule has 14 heteroatoms. The molecular weight excluding hydrogens is 739 g/mol. The van der Waals surface area contributed by atoms with Crippen LogP contribution in [-0.2, 0) is 37.0 Å². The lowest BCUT2D eigenvalue weighted by Gasteiger charge is -2.30. The first kappa shape index (κ1) is 42.5. The van der Waals surface area contributed by atoms with Crippen molar-refractivity contribution in [2.75, 3.05) is 23.0 Å². The van der Waals surface area contributed by atoms with Crippen molar-refractivity contribution in [1.82, 2.24) is 0 Å². The third-order valence-electron chi connectivity index (χ3n) is 9.57. The summed E-state index contributed by atoms with van der Waals surface area (Å²) in [6.45, 7) is 4.78. The summed E-state index contributed by atoms with van der Waals surface area (Å²) < 4.78 is 95.9. The molecule has 0 bridgehead atoms. The number of benzene rings is 2. The summed E-state index contributed by atoms with van der Waals surface area (Å²) in [5, 5.41) is 10.1. The van der Waals surface area contributed by atoms with E-state index < -0.39 is 49.0 Å². The van der Waals surface area contributed by atoms with Gasteiger partial charge in [0.25, 0.3) is 20.2 Å². The highest BCUT2D eigenvalue weighted by Crippen LogP contribution is 2.52. The molecule has 1 atom stereocenters. The van der Waals surface area contributed by atoms with E-state index in [0.717, 1.165) is 28.2 Å². The number of hydrogen-bond donors (Lipinski definition) is 3. The number of aliphatic carboxylic acids is 1. The number of pyridine rings is 1. The van der Waals surface area contributed by atoms with E-state index in [1.165, 1.54) is 6.07 Å². The van der Waals surface area contributed by atoms with E-state index in [-0.39, 0.29) is 24.3 Å². The Morgan fingerprint density at radius 3 is 2.22 bits per heavy atom. The van der Waals surface area contributed by atoms with Gasteiger partial charge in [0, 0.05) is 60.2 Å². The molecule has 1 aliphatic rings. The molecule has 0 amide bonds. The number of aryl methyl sites for hydroxylation is 2. The summed E-state index contributed by atoms with van der Waals surface area (Å²) in [7, 11) is -8.21. The molecule has 10 nitrogen and oxygen atoms in total. The summed E-state index contributed by atoms with van der Waals surface area (Å²) in [6, 6.07) is 12.3. The predicted octanol–water partition coefficient (Wildman–Crippen LogP) is 7.87. The minimum Gasteiger partial charge on any atom is -0.481 e. The van der Waals surface area contributed by atoms with E-state index >= 15 is 4.39 Å². The molecular formula is C40H49F2N2O8S2+. The third kappa shape index (κ3) is 12.1. The van der Waals surface area contributed by atoms with Gasteiger partial charge in [0.05, 0.1) is 17.2 Å². The third-order valence-corrected chi connectivity index (χ3v) is 11.2. The molecule has 0 aliphatic carbocycles. The van der Waals surface area contributed by atoms with Crippen LogP contribution in [0.1, 0.15) is 81.5 Å². The summed E-state index contributed by atoms with van der Waals surface area (Å²) in [5.74, 6) is -3.08. The molecule has 0 fully saturated rings. The number of nitrogens with zero attached hydrogens (tertiary/aromatic N) is 2. The normalized spacial score (nSPS) is 17.2. The lowest BCUT2D eigenvalue weighted by atomic mass is 9.77. The molecule has 2 heterocycles. The minimum atomic E-state index is -4.17. The second-order valence-electron chi connectivity index (χ2n) is 13.9. The van der Waals surface area contributed by atoms with E-state index in [0.29, 0.717) is 69.3 Å². The van der Waals surface area contributed by atoms with Crippen molar-refractivity contribution in [3.63, 3.8) is 0 Å². The van der Waals surface area contributed by atoms with Crippen molar-refractivity contribution in [3.8, 4) is 0 Å². The van der Waals surface area contributed by atoms with Gasteiger partial charge in [0.15, 0.2) is 0 Å². The molecule has 54 heavy (non-hydrogen) atoms. The average molecular weight is 788 g/mol. The topological polar surface area (TPSA) is 153 Å². The molecule has 1 aliphatic heterocycles. The molecule has 3 N–H and O–H groups in total. The van der Waals surface area contributed by atoms with Crippen molar-refractivity contribution in [1.29, 1.82) is 0 Å². The Kier molecular flexibility index (Phi) is 14.9. The molecule has 0 saturated carbocycles. The van der Waals surface area contributed by atoms with Crippen LogP contribution in [0.3, 0.4) is 0 Å². The van der Waals surface area contributed by atoms with Crippen LogP contribution in [0.5, 0.6) is 0 Å². The first-order valence-electron chi connectivity index (χ1n) is 18.0. The summed E-state index contributed by atoms with van der Waals surface area (Å²) in [4.78, 5) is 12.8. The van der Waals surface area contributed by atoms with Crippen molar-refractivity contribution < 1.29 is 49.2 Å². The largest absolute Gasteiger partial charge is 0.481 e. The van der Waals surface area contributed by atoms with E-state index in [1.807, 2.05) is 68.5 Å². The number of allylic oxidation sites excluding steroid dienone is 7. The highest BCUT2D eigenvalue weighted by Gasteiger charge is 2.44. The number of carbonyl (C=O) groups is 1. The van der Waals surface area contributed by atoms with Crippen LogP contribution in [0.2, 0.25) is 0 Å². The minimum absolute atomic E-state index is 0.0193. The van der Waals surface area contributed by atoms with E-state index in [1.54, 1.807) is 17.1 Å². The van der Waals surface area contributed by atoms with Gasteiger partial charge < -0.3 is 10.0 Å². The summed E-state index contributed by atoms with van der Waals surface area (Å²) in [5.41, 5.74) is 3.48. The van der Waals surface area contributed by atoms with Crippen LogP contribution in [0.25, 0.3) is 17.0 Å². The predicted molar refractivity (Wildman–Crippen MR) is 207 cm³/mol. The Bertz CT molecular complexity index is 2170. The fourth-order valence-corrected chi connectivity index (χ4v) is 8.11. The highest BCUT2D eigenvalue weighted by molar-refractivity contribution is 7.86.